The first-order valence-corrected chi connectivity index (χ1v) is 10.2. The van der Waals surface area contributed by atoms with Crippen molar-refractivity contribution in [2.24, 2.45) is 17.8 Å². The van der Waals surface area contributed by atoms with Gasteiger partial charge in [0.05, 0.1) is 0 Å². The van der Waals surface area contributed by atoms with E-state index in [-0.39, 0.29) is 5.92 Å². The molecule has 3 rings (SSSR count). The van der Waals surface area contributed by atoms with Gasteiger partial charge in [-0.3, -0.25) is 0 Å². The van der Waals surface area contributed by atoms with Crippen LogP contribution in [0, 0.1) is 36.3 Å². The normalized spacial score (nSPS) is 30.2. The van der Waals surface area contributed by atoms with Crippen LogP contribution < -0.4 is 0 Å². The highest BCUT2D eigenvalue weighted by Gasteiger charge is 2.32. The summed E-state index contributed by atoms with van der Waals surface area (Å²) < 4.78 is 28.1. The maximum absolute atomic E-state index is 14.3. The Hall–Kier alpha value is -1.18. The highest BCUT2D eigenvalue weighted by molar-refractivity contribution is 5.28. The van der Waals surface area contributed by atoms with E-state index in [4.69, 9.17) is 0 Å². The van der Waals surface area contributed by atoms with E-state index in [9.17, 15) is 8.78 Å². The Morgan fingerprint density at radius 1 is 0.920 bits per heavy atom. The molecule has 1 aromatic carbocycles. The molecule has 2 heteroatoms. The van der Waals surface area contributed by atoms with E-state index >= 15 is 0 Å². The van der Waals surface area contributed by atoms with Crippen molar-refractivity contribution in [3.05, 3.63) is 47.5 Å². The van der Waals surface area contributed by atoms with Crippen LogP contribution in [0.4, 0.5) is 8.78 Å². The van der Waals surface area contributed by atoms with Crippen molar-refractivity contribution in [3.63, 3.8) is 0 Å². The fourth-order valence-electron chi connectivity index (χ4n) is 5.18. The summed E-state index contributed by atoms with van der Waals surface area (Å²) in [5.74, 6) is 1.50. The van der Waals surface area contributed by atoms with Gasteiger partial charge in [-0.05, 0) is 93.1 Å². The molecule has 0 nitrogen and oxygen atoms in total. The average molecular weight is 347 g/mol. The van der Waals surface area contributed by atoms with E-state index in [1.165, 1.54) is 44.9 Å². The average Bonchev–Trinajstić information content (AvgIpc) is 2.65. The molecule has 0 aromatic heterocycles. The third-order valence-corrected chi connectivity index (χ3v) is 6.85. The lowest BCUT2D eigenvalue weighted by Crippen LogP contribution is -2.25. The van der Waals surface area contributed by atoms with Crippen LogP contribution in [0.15, 0.2) is 24.8 Å². The maximum atomic E-state index is 14.3. The fraction of sp³-hybridized carbons (Fsp3) is 0.652. The van der Waals surface area contributed by atoms with Gasteiger partial charge in [0.15, 0.2) is 11.6 Å². The van der Waals surface area contributed by atoms with E-state index in [1.54, 1.807) is 13.0 Å². The monoisotopic (exact) mass is 346 g/mol. The van der Waals surface area contributed by atoms with Crippen molar-refractivity contribution in [3.8, 4) is 0 Å². The van der Waals surface area contributed by atoms with Crippen molar-refractivity contribution in [1.82, 2.24) is 0 Å². The standard InChI is InChI=1S/C23H32F2/c1-3-4-5-17-7-9-18(10-8-17)19-11-13-20(14-12-19)21-15-6-16(2)22(24)23(21)25/h3,6,15,17-20H,1,4-5,7-14H2,2H3. The molecular formula is C23H32F2. The molecule has 0 amide bonds. The molecule has 0 radical (unpaired) electrons. The van der Waals surface area contributed by atoms with Crippen molar-refractivity contribution in [1.29, 1.82) is 0 Å². The lowest BCUT2D eigenvalue weighted by molar-refractivity contribution is 0.156. The second-order valence-corrected chi connectivity index (χ2v) is 8.36. The van der Waals surface area contributed by atoms with Crippen molar-refractivity contribution in [2.75, 3.05) is 0 Å². The minimum absolute atomic E-state index is 0.204. The molecule has 2 aliphatic carbocycles. The second-order valence-electron chi connectivity index (χ2n) is 8.36. The molecule has 25 heavy (non-hydrogen) atoms. The highest BCUT2D eigenvalue weighted by atomic mass is 19.2. The molecule has 0 N–H and O–H groups in total. The SMILES string of the molecule is C=CCCC1CCC(C2CCC(c3ccc(C)c(F)c3F)CC2)CC1. The van der Waals surface area contributed by atoms with E-state index in [2.05, 4.69) is 6.58 Å². The van der Waals surface area contributed by atoms with Gasteiger partial charge in [-0.1, -0.05) is 31.1 Å². The molecule has 0 atom stereocenters. The Kier molecular flexibility index (Phi) is 6.30. The number of aryl methyl sites for hydroxylation is 1. The van der Waals surface area contributed by atoms with Crippen LogP contribution in [-0.4, -0.2) is 0 Å². The van der Waals surface area contributed by atoms with Gasteiger partial charge in [0.2, 0.25) is 0 Å². The number of hydrogen-bond acceptors (Lipinski definition) is 0. The molecule has 0 heterocycles. The molecule has 2 saturated carbocycles. The maximum Gasteiger partial charge on any atom is 0.162 e. The van der Waals surface area contributed by atoms with Gasteiger partial charge < -0.3 is 0 Å². The highest BCUT2D eigenvalue weighted by Crippen LogP contribution is 2.45. The number of hydrogen-bond donors (Lipinski definition) is 0. The Bertz CT molecular complexity index is 576. The summed E-state index contributed by atoms with van der Waals surface area (Å²) in [5.41, 5.74) is 1.01. The summed E-state index contributed by atoms with van der Waals surface area (Å²) >= 11 is 0. The molecule has 2 fully saturated rings. The number of rotatable bonds is 5. The zero-order valence-electron chi connectivity index (χ0n) is 15.6. The first-order valence-electron chi connectivity index (χ1n) is 10.2. The topological polar surface area (TPSA) is 0 Å². The van der Waals surface area contributed by atoms with Crippen LogP contribution in [0.3, 0.4) is 0 Å². The van der Waals surface area contributed by atoms with Crippen molar-refractivity contribution in [2.45, 2.75) is 77.0 Å². The molecule has 2 aliphatic rings. The molecule has 0 bridgehead atoms. The minimum atomic E-state index is -0.655. The van der Waals surface area contributed by atoms with Gasteiger partial charge in [0.25, 0.3) is 0 Å². The zero-order chi connectivity index (χ0) is 17.8. The van der Waals surface area contributed by atoms with E-state index < -0.39 is 11.6 Å². The van der Waals surface area contributed by atoms with Crippen LogP contribution in [0.5, 0.6) is 0 Å². The second kappa shape index (κ2) is 8.47. The predicted molar refractivity (Wildman–Crippen MR) is 101 cm³/mol. The van der Waals surface area contributed by atoms with E-state index in [0.29, 0.717) is 11.1 Å². The largest absolute Gasteiger partial charge is 0.203 e. The molecule has 0 aliphatic heterocycles. The summed E-state index contributed by atoms with van der Waals surface area (Å²) in [6, 6.07) is 3.54. The molecular weight excluding hydrogens is 314 g/mol. The van der Waals surface area contributed by atoms with Crippen LogP contribution in [0.25, 0.3) is 0 Å². The van der Waals surface area contributed by atoms with Crippen LogP contribution in [0.2, 0.25) is 0 Å². The van der Waals surface area contributed by atoms with Crippen molar-refractivity contribution >= 4 is 0 Å². The van der Waals surface area contributed by atoms with Gasteiger partial charge in [0, 0.05) is 0 Å². The lowest BCUT2D eigenvalue weighted by atomic mass is 9.68. The van der Waals surface area contributed by atoms with Gasteiger partial charge in [0.1, 0.15) is 0 Å². The summed E-state index contributed by atoms with van der Waals surface area (Å²) in [7, 11) is 0. The van der Waals surface area contributed by atoms with Gasteiger partial charge in [-0.25, -0.2) is 8.78 Å². The van der Waals surface area contributed by atoms with E-state index in [1.807, 2.05) is 12.1 Å². The minimum Gasteiger partial charge on any atom is -0.203 e. The molecule has 0 spiro atoms. The Morgan fingerprint density at radius 2 is 1.52 bits per heavy atom. The molecule has 138 valence electrons. The zero-order valence-corrected chi connectivity index (χ0v) is 15.6. The third-order valence-electron chi connectivity index (χ3n) is 6.85. The lowest BCUT2D eigenvalue weighted by Gasteiger charge is -2.38. The van der Waals surface area contributed by atoms with Crippen LogP contribution >= 0.6 is 0 Å². The first-order chi connectivity index (χ1) is 12.1. The first kappa shape index (κ1) is 18.6. The van der Waals surface area contributed by atoms with Gasteiger partial charge in [-0.2, -0.15) is 0 Å². The Morgan fingerprint density at radius 3 is 2.12 bits per heavy atom. The quantitative estimate of drug-likeness (QED) is 0.490. The van der Waals surface area contributed by atoms with Gasteiger partial charge >= 0.3 is 0 Å². The summed E-state index contributed by atoms with van der Waals surface area (Å²) in [5, 5.41) is 0. The van der Waals surface area contributed by atoms with Crippen molar-refractivity contribution < 1.29 is 8.78 Å². The van der Waals surface area contributed by atoms with Gasteiger partial charge in [-0.15, -0.1) is 6.58 Å². The number of halogens is 2. The number of benzene rings is 1. The Balaban J connectivity index is 1.51. The predicted octanol–water partition coefficient (Wildman–Crippen LogP) is 7.32. The third kappa shape index (κ3) is 4.33. The van der Waals surface area contributed by atoms with Crippen LogP contribution in [0.1, 0.15) is 81.3 Å². The summed E-state index contributed by atoms with van der Waals surface area (Å²) in [4.78, 5) is 0. The smallest absolute Gasteiger partial charge is 0.162 e. The summed E-state index contributed by atoms with van der Waals surface area (Å²) in [6.07, 6.45) is 14.4. The Labute approximate surface area is 151 Å². The summed E-state index contributed by atoms with van der Waals surface area (Å²) in [6.45, 7) is 5.46. The molecule has 0 unspecified atom stereocenters. The van der Waals surface area contributed by atoms with Crippen LogP contribution in [-0.2, 0) is 0 Å². The number of allylic oxidation sites excluding steroid dienone is 1. The molecule has 0 saturated heterocycles. The molecule has 1 aromatic rings. The van der Waals surface area contributed by atoms with E-state index in [0.717, 1.165) is 37.0 Å². The fourth-order valence-corrected chi connectivity index (χ4v) is 5.18.